The van der Waals surface area contributed by atoms with Gasteiger partial charge >= 0.3 is 0 Å². The van der Waals surface area contributed by atoms with Gasteiger partial charge in [-0.3, -0.25) is 0 Å². The highest BCUT2D eigenvalue weighted by molar-refractivity contribution is 7.89. The van der Waals surface area contributed by atoms with Gasteiger partial charge in [0.05, 0.1) is 4.90 Å². The smallest absolute Gasteiger partial charge is 0.207 e. The molecule has 112 valence electrons. The lowest BCUT2D eigenvalue weighted by Gasteiger charge is -2.17. The van der Waals surface area contributed by atoms with E-state index in [1.807, 2.05) is 0 Å². The lowest BCUT2D eigenvalue weighted by Crippen LogP contribution is -2.26. The first-order valence-electron chi connectivity index (χ1n) is 6.29. The molecule has 0 radical (unpaired) electrons. The zero-order valence-corrected chi connectivity index (χ0v) is 13.0. The molecule has 0 spiro atoms. The molecule has 2 rings (SSSR count). The van der Waals surface area contributed by atoms with Crippen molar-refractivity contribution in [2.45, 2.75) is 17.3 Å². The van der Waals surface area contributed by atoms with Crippen LogP contribution in [-0.4, -0.2) is 19.8 Å². The lowest BCUT2D eigenvalue weighted by atomic mass is 10.2. The number of sulfonamides is 1. The van der Waals surface area contributed by atoms with Crippen LogP contribution >= 0.6 is 11.6 Å². The van der Waals surface area contributed by atoms with Crippen LogP contribution in [0.4, 0.5) is 4.39 Å². The zero-order chi connectivity index (χ0) is 15.5. The highest BCUT2D eigenvalue weighted by Crippen LogP contribution is 2.19. The molecule has 0 aliphatic rings. The largest absolute Gasteiger partial charge is 0.243 e. The van der Waals surface area contributed by atoms with Gasteiger partial charge in [-0.15, -0.1) is 11.6 Å². The standard InChI is InChI=1S/C15H15ClFNO2S/c1-18(11-13-5-2-6-14(17)8-13)21(19,20)15-7-3-4-12(9-15)10-16/h2-9H,10-11H2,1H3. The third-order valence-corrected chi connectivity index (χ3v) is 5.16. The second-order valence-corrected chi connectivity index (χ2v) is 6.98. The van der Waals surface area contributed by atoms with E-state index in [1.54, 1.807) is 30.3 Å². The summed E-state index contributed by atoms with van der Waals surface area (Å²) in [5.74, 6) is -0.140. The van der Waals surface area contributed by atoms with Crippen LogP contribution in [0.5, 0.6) is 0 Å². The quantitative estimate of drug-likeness (QED) is 0.789. The van der Waals surface area contributed by atoms with E-state index in [0.29, 0.717) is 5.56 Å². The topological polar surface area (TPSA) is 37.4 Å². The highest BCUT2D eigenvalue weighted by Gasteiger charge is 2.21. The van der Waals surface area contributed by atoms with Crippen molar-refractivity contribution in [1.82, 2.24) is 4.31 Å². The number of hydrogen-bond acceptors (Lipinski definition) is 2. The van der Waals surface area contributed by atoms with E-state index in [1.165, 1.54) is 29.6 Å². The molecule has 0 saturated carbocycles. The van der Waals surface area contributed by atoms with E-state index in [2.05, 4.69) is 0 Å². The Hall–Kier alpha value is -1.43. The second kappa shape index (κ2) is 6.56. The molecule has 2 aromatic rings. The van der Waals surface area contributed by atoms with E-state index in [-0.39, 0.29) is 23.1 Å². The maximum atomic E-state index is 13.2. The Balaban J connectivity index is 2.26. The van der Waals surface area contributed by atoms with Crippen molar-refractivity contribution in [2.24, 2.45) is 0 Å². The predicted octanol–water partition coefficient (Wildman–Crippen LogP) is 3.39. The summed E-state index contributed by atoms with van der Waals surface area (Å²) in [6.45, 7) is 0.102. The van der Waals surface area contributed by atoms with Crippen molar-refractivity contribution in [3.05, 3.63) is 65.5 Å². The van der Waals surface area contributed by atoms with Gasteiger partial charge in [0, 0.05) is 19.5 Å². The van der Waals surface area contributed by atoms with Crippen molar-refractivity contribution in [1.29, 1.82) is 0 Å². The van der Waals surface area contributed by atoms with Crippen LogP contribution in [0.15, 0.2) is 53.4 Å². The SMILES string of the molecule is CN(Cc1cccc(F)c1)S(=O)(=O)c1cccc(CCl)c1. The van der Waals surface area contributed by atoms with Gasteiger partial charge in [0.1, 0.15) is 5.82 Å². The number of benzene rings is 2. The van der Waals surface area contributed by atoms with Gasteiger partial charge in [-0.05, 0) is 35.4 Å². The third kappa shape index (κ3) is 3.81. The number of hydrogen-bond donors (Lipinski definition) is 0. The Bertz CT molecular complexity index is 734. The highest BCUT2D eigenvalue weighted by atomic mass is 35.5. The predicted molar refractivity (Wildman–Crippen MR) is 81.1 cm³/mol. The average Bonchev–Trinajstić information content (AvgIpc) is 2.47. The van der Waals surface area contributed by atoms with Crippen LogP contribution in [0.2, 0.25) is 0 Å². The molecule has 0 N–H and O–H groups in total. The van der Waals surface area contributed by atoms with Crippen molar-refractivity contribution in [2.75, 3.05) is 7.05 Å². The zero-order valence-electron chi connectivity index (χ0n) is 11.5. The maximum Gasteiger partial charge on any atom is 0.243 e. The second-order valence-electron chi connectivity index (χ2n) is 4.67. The van der Waals surface area contributed by atoms with Gasteiger partial charge < -0.3 is 0 Å². The van der Waals surface area contributed by atoms with Crippen molar-refractivity contribution in [3.63, 3.8) is 0 Å². The molecule has 21 heavy (non-hydrogen) atoms. The number of rotatable bonds is 5. The minimum Gasteiger partial charge on any atom is -0.207 e. The molecule has 0 aliphatic heterocycles. The number of nitrogens with zero attached hydrogens (tertiary/aromatic N) is 1. The van der Waals surface area contributed by atoms with Crippen LogP contribution in [0.25, 0.3) is 0 Å². The summed E-state index contributed by atoms with van der Waals surface area (Å²) in [5.41, 5.74) is 1.33. The molecule has 2 aromatic carbocycles. The Labute approximate surface area is 129 Å². The molecular weight excluding hydrogens is 313 g/mol. The first-order chi connectivity index (χ1) is 9.93. The van der Waals surface area contributed by atoms with E-state index in [9.17, 15) is 12.8 Å². The van der Waals surface area contributed by atoms with Crippen molar-refractivity contribution < 1.29 is 12.8 Å². The third-order valence-electron chi connectivity index (χ3n) is 3.06. The molecule has 0 heterocycles. The molecule has 0 bridgehead atoms. The van der Waals surface area contributed by atoms with Crippen LogP contribution < -0.4 is 0 Å². The summed E-state index contributed by atoms with van der Waals surface area (Å²) < 4.78 is 39.3. The fraction of sp³-hybridized carbons (Fsp3) is 0.200. The average molecular weight is 328 g/mol. The summed E-state index contributed by atoms with van der Waals surface area (Å²) in [7, 11) is -2.16. The van der Waals surface area contributed by atoms with E-state index < -0.39 is 10.0 Å². The minimum atomic E-state index is -3.63. The Morgan fingerprint density at radius 1 is 1.10 bits per heavy atom. The molecule has 0 atom stereocenters. The monoisotopic (exact) mass is 327 g/mol. The fourth-order valence-electron chi connectivity index (χ4n) is 1.95. The lowest BCUT2D eigenvalue weighted by molar-refractivity contribution is 0.465. The summed E-state index contributed by atoms with van der Waals surface area (Å²) in [4.78, 5) is 0.180. The van der Waals surface area contributed by atoms with Crippen LogP contribution in [0.1, 0.15) is 11.1 Å². The van der Waals surface area contributed by atoms with Gasteiger partial charge in [0.15, 0.2) is 0 Å². The molecule has 0 unspecified atom stereocenters. The van der Waals surface area contributed by atoms with E-state index in [0.717, 1.165) is 5.56 Å². The Morgan fingerprint density at radius 3 is 2.43 bits per heavy atom. The Kier molecular flexibility index (Phi) is 4.98. The van der Waals surface area contributed by atoms with Gasteiger partial charge in [-0.1, -0.05) is 24.3 Å². The van der Waals surface area contributed by atoms with Crippen LogP contribution in [0.3, 0.4) is 0 Å². The van der Waals surface area contributed by atoms with Gasteiger partial charge in [-0.25, -0.2) is 12.8 Å². The molecule has 0 aliphatic carbocycles. The molecule has 3 nitrogen and oxygen atoms in total. The molecule has 0 saturated heterocycles. The summed E-state index contributed by atoms with van der Waals surface area (Å²) in [6, 6.07) is 12.4. The van der Waals surface area contributed by atoms with Crippen LogP contribution in [0, 0.1) is 5.82 Å². The minimum absolute atomic E-state index is 0.102. The van der Waals surface area contributed by atoms with E-state index >= 15 is 0 Å². The number of halogens is 2. The Morgan fingerprint density at radius 2 is 1.76 bits per heavy atom. The normalized spacial score (nSPS) is 11.8. The van der Waals surface area contributed by atoms with Crippen LogP contribution in [-0.2, 0) is 22.4 Å². The molecule has 6 heteroatoms. The number of alkyl halides is 1. The fourth-order valence-corrected chi connectivity index (χ4v) is 3.34. The first kappa shape index (κ1) is 15.9. The molecular formula is C15H15ClFNO2S. The summed E-state index contributed by atoms with van der Waals surface area (Å²) in [5, 5.41) is 0. The summed E-state index contributed by atoms with van der Waals surface area (Å²) in [6.07, 6.45) is 0. The van der Waals surface area contributed by atoms with Crippen molar-refractivity contribution >= 4 is 21.6 Å². The van der Waals surface area contributed by atoms with Gasteiger partial charge in [-0.2, -0.15) is 4.31 Å². The molecule has 0 amide bonds. The van der Waals surface area contributed by atoms with E-state index in [4.69, 9.17) is 11.6 Å². The molecule has 0 fully saturated rings. The van der Waals surface area contributed by atoms with Crippen molar-refractivity contribution in [3.8, 4) is 0 Å². The maximum absolute atomic E-state index is 13.2. The molecule has 0 aromatic heterocycles. The van der Waals surface area contributed by atoms with Gasteiger partial charge in [0.2, 0.25) is 10.0 Å². The van der Waals surface area contributed by atoms with Gasteiger partial charge in [0.25, 0.3) is 0 Å². The summed E-state index contributed by atoms with van der Waals surface area (Å²) >= 11 is 5.73. The first-order valence-corrected chi connectivity index (χ1v) is 8.26.